The van der Waals surface area contributed by atoms with E-state index < -0.39 is 0 Å². The van der Waals surface area contributed by atoms with Crippen LogP contribution in [0.15, 0.2) is 78.2 Å². The molecule has 8 heteroatoms. The van der Waals surface area contributed by atoms with Gasteiger partial charge in [0.1, 0.15) is 17.3 Å². The van der Waals surface area contributed by atoms with Gasteiger partial charge >= 0.3 is 0 Å². The van der Waals surface area contributed by atoms with Crippen molar-refractivity contribution in [1.29, 1.82) is 0 Å². The summed E-state index contributed by atoms with van der Waals surface area (Å²) in [5, 5.41) is 5.63. The average molecular weight is 484 g/mol. The summed E-state index contributed by atoms with van der Waals surface area (Å²) in [6.07, 6.45) is 0. The fraction of sp³-hybridized carbons (Fsp3) is 0.111. The normalized spacial score (nSPS) is 12.6. The molecule has 174 valence electrons. The van der Waals surface area contributed by atoms with Crippen LogP contribution in [0, 0.1) is 0 Å². The van der Waals surface area contributed by atoms with E-state index in [0.29, 0.717) is 22.7 Å². The highest BCUT2D eigenvalue weighted by atomic mass is 32.1. The second-order valence-corrected chi connectivity index (χ2v) is 8.90. The molecule has 1 aliphatic heterocycles. The summed E-state index contributed by atoms with van der Waals surface area (Å²) < 4.78 is 5.60. The van der Waals surface area contributed by atoms with Crippen LogP contribution < -0.4 is 15.0 Å². The minimum atomic E-state index is -0.377. The molecule has 0 spiro atoms. The molecule has 35 heavy (non-hydrogen) atoms. The summed E-state index contributed by atoms with van der Waals surface area (Å²) in [5.41, 5.74) is 4.14. The zero-order chi connectivity index (χ0) is 24.4. The van der Waals surface area contributed by atoms with Crippen LogP contribution in [-0.4, -0.2) is 35.7 Å². The molecule has 1 aromatic heterocycles. The highest BCUT2D eigenvalue weighted by Gasteiger charge is 2.28. The highest BCUT2D eigenvalue weighted by molar-refractivity contribution is 7.13. The van der Waals surface area contributed by atoms with Crippen molar-refractivity contribution < 1.29 is 19.1 Å². The van der Waals surface area contributed by atoms with Crippen LogP contribution in [0.25, 0.3) is 21.8 Å². The standard InChI is InChI=1S/C27H21N3O4S/c1-17(31)19-8-5-9-21(12-19)28-25(32)14-30-23-13-20(10-11-24(23)34-15-26(30)33)22-16-35-27(29-22)18-6-3-2-4-7-18/h2-13,16H,14-15H2,1H3,(H,28,32). The maximum atomic E-state index is 12.8. The Morgan fingerprint density at radius 3 is 2.66 bits per heavy atom. The minimum absolute atomic E-state index is 0.0941. The lowest BCUT2D eigenvalue weighted by Crippen LogP contribution is -2.43. The van der Waals surface area contributed by atoms with Gasteiger partial charge in [-0.15, -0.1) is 11.3 Å². The van der Waals surface area contributed by atoms with E-state index >= 15 is 0 Å². The first kappa shape index (κ1) is 22.5. The number of benzene rings is 3. The van der Waals surface area contributed by atoms with Crippen molar-refractivity contribution in [3.63, 3.8) is 0 Å². The summed E-state index contributed by atoms with van der Waals surface area (Å²) in [4.78, 5) is 43.3. The van der Waals surface area contributed by atoms with Crippen molar-refractivity contribution in [3.05, 3.63) is 83.7 Å². The lowest BCUT2D eigenvalue weighted by molar-refractivity contribution is -0.123. The first-order valence-electron chi connectivity index (χ1n) is 11.0. The molecule has 0 saturated carbocycles. The van der Waals surface area contributed by atoms with E-state index in [9.17, 15) is 14.4 Å². The van der Waals surface area contributed by atoms with Gasteiger partial charge < -0.3 is 10.1 Å². The number of anilines is 2. The number of hydrogen-bond donors (Lipinski definition) is 1. The number of nitrogens with one attached hydrogen (secondary N) is 1. The number of ether oxygens (including phenoxy) is 1. The van der Waals surface area contributed by atoms with E-state index in [1.54, 1.807) is 41.7 Å². The molecule has 0 unspecified atom stereocenters. The maximum absolute atomic E-state index is 12.8. The molecule has 5 rings (SSSR count). The molecule has 1 aliphatic rings. The Morgan fingerprint density at radius 1 is 1.03 bits per heavy atom. The summed E-state index contributed by atoms with van der Waals surface area (Å²) in [5.74, 6) is -0.260. The molecule has 2 heterocycles. The van der Waals surface area contributed by atoms with Crippen molar-refractivity contribution >= 4 is 40.3 Å². The van der Waals surface area contributed by atoms with E-state index in [1.807, 2.05) is 47.8 Å². The Labute approximate surface area is 206 Å². The van der Waals surface area contributed by atoms with Crippen LogP contribution in [0.4, 0.5) is 11.4 Å². The summed E-state index contributed by atoms with van der Waals surface area (Å²) in [6.45, 7) is 1.14. The SMILES string of the molecule is CC(=O)c1cccc(NC(=O)CN2C(=O)COc3ccc(-c4csc(-c5ccccc5)n4)cc32)c1. The van der Waals surface area contributed by atoms with E-state index in [1.165, 1.54) is 11.8 Å². The van der Waals surface area contributed by atoms with Gasteiger partial charge in [-0.1, -0.05) is 42.5 Å². The molecule has 3 aromatic carbocycles. The summed E-state index contributed by atoms with van der Waals surface area (Å²) in [6, 6.07) is 22.1. The summed E-state index contributed by atoms with van der Waals surface area (Å²) in [7, 11) is 0. The fourth-order valence-corrected chi connectivity index (χ4v) is 4.65. The third-order valence-electron chi connectivity index (χ3n) is 5.58. The van der Waals surface area contributed by atoms with Crippen LogP contribution in [0.3, 0.4) is 0 Å². The monoisotopic (exact) mass is 483 g/mol. The number of carbonyl (C=O) groups excluding carboxylic acids is 3. The van der Waals surface area contributed by atoms with Crippen LogP contribution in [0.5, 0.6) is 5.75 Å². The quantitative estimate of drug-likeness (QED) is 0.388. The van der Waals surface area contributed by atoms with Crippen LogP contribution >= 0.6 is 11.3 Å². The van der Waals surface area contributed by atoms with Crippen LogP contribution in [0.1, 0.15) is 17.3 Å². The Kier molecular flexibility index (Phi) is 6.12. The average Bonchev–Trinajstić information content (AvgIpc) is 3.37. The lowest BCUT2D eigenvalue weighted by atomic mass is 10.1. The molecule has 2 amide bonds. The zero-order valence-electron chi connectivity index (χ0n) is 18.9. The second kappa shape index (κ2) is 9.52. The van der Waals surface area contributed by atoms with Gasteiger partial charge in [-0.2, -0.15) is 0 Å². The first-order valence-corrected chi connectivity index (χ1v) is 11.9. The smallest absolute Gasteiger partial charge is 0.265 e. The zero-order valence-corrected chi connectivity index (χ0v) is 19.7. The van der Waals surface area contributed by atoms with Crippen LogP contribution in [-0.2, 0) is 9.59 Å². The second-order valence-electron chi connectivity index (χ2n) is 8.04. The molecule has 0 bridgehead atoms. The van der Waals surface area contributed by atoms with Crippen molar-refractivity contribution in [2.75, 3.05) is 23.4 Å². The molecule has 7 nitrogen and oxygen atoms in total. The van der Waals surface area contributed by atoms with Gasteiger partial charge in [-0.3, -0.25) is 19.3 Å². The van der Waals surface area contributed by atoms with Crippen molar-refractivity contribution in [3.8, 4) is 27.6 Å². The molecule has 0 fully saturated rings. The summed E-state index contributed by atoms with van der Waals surface area (Å²) >= 11 is 1.54. The number of amides is 2. The molecule has 0 aliphatic carbocycles. The number of thiazole rings is 1. The number of aromatic nitrogens is 1. The molecule has 0 saturated heterocycles. The maximum Gasteiger partial charge on any atom is 0.265 e. The molecule has 4 aromatic rings. The molecular formula is C27H21N3O4S. The predicted molar refractivity (Wildman–Crippen MR) is 136 cm³/mol. The van der Waals surface area contributed by atoms with Gasteiger partial charge in [0.05, 0.1) is 11.4 Å². The number of hydrogen-bond acceptors (Lipinski definition) is 6. The first-order chi connectivity index (χ1) is 17.0. The highest BCUT2D eigenvalue weighted by Crippen LogP contribution is 2.37. The van der Waals surface area contributed by atoms with Gasteiger partial charge in [-0.25, -0.2) is 4.98 Å². The number of nitrogens with zero attached hydrogens (tertiary/aromatic N) is 2. The Balaban J connectivity index is 1.39. The van der Waals surface area contributed by atoms with Crippen LogP contribution in [0.2, 0.25) is 0 Å². The molecule has 0 atom stereocenters. The number of fused-ring (bicyclic) bond motifs is 1. The van der Waals surface area contributed by atoms with E-state index in [-0.39, 0.29) is 30.7 Å². The number of carbonyl (C=O) groups is 3. The third kappa shape index (κ3) is 4.83. The Bertz CT molecular complexity index is 1430. The molecular weight excluding hydrogens is 462 g/mol. The number of Topliss-reactive ketones (excluding diaryl/α,β-unsaturated/α-hetero) is 1. The van der Waals surface area contributed by atoms with Crippen molar-refractivity contribution in [2.24, 2.45) is 0 Å². The van der Waals surface area contributed by atoms with E-state index in [2.05, 4.69) is 5.32 Å². The van der Waals surface area contributed by atoms with Crippen molar-refractivity contribution in [2.45, 2.75) is 6.92 Å². The predicted octanol–water partition coefficient (Wildman–Crippen LogP) is 5.04. The fourth-order valence-electron chi connectivity index (χ4n) is 3.81. The Morgan fingerprint density at radius 2 is 1.86 bits per heavy atom. The van der Waals surface area contributed by atoms with E-state index in [0.717, 1.165) is 21.8 Å². The minimum Gasteiger partial charge on any atom is -0.482 e. The van der Waals surface area contributed by atoms with Gasteiger partial charge in [0.2, 0.25) is 5.91 Å². The Hall–Kier alpha value is -4.30. The van der Waals surface area contributed by atoms with Crippen molar-refractivity contribution in [1.82, 2.24) is 4.98 Å². The van der Waals surface area contributed by atoms with E-state index in [4.69, 9.17) is 9.72 Å². The lowest BCUT2D eigenvalue weighted by Gasteiger charge is -2.29. The molecule has 0 radical (unpaired) electrons. The van der Waals surface area contributed by atoms with Gasteiger partial charge in [0.15, 0.2) is 12.4 Å². The molecule has 1 N–H and O–H groups in total. The third-order valence-corrected chi connectivity index (χ3v) is 6.47. The topological polar surface area (TPSA) is 88.6 Å². The largest absolute Gasteiger partial charge is 0.482 e. The van der Waals surface area contributed by atoms with Gasteiger partial charge in [-0.05, 0) is 37.3 Å². The van der Waals surface area contributed by atoms with Gasteiger partial charge in [0, 0.05) is 27.8 Å². The number of rotatable bonds is 6. The van der Waals surface area contributed by atoms with Gasteiger partial charge in [0.25, 0.3) is 5.91 Å². The number of ketones is 1.